The van der Waals surface area contributed by atoms with Crippen molar-refractivity contribution in [3.05, 3.63) is 76.2 Å². The number of halogens is 1. The van der Waals surface area contributed by atoms with E-state index in [4.69, 9.17) is 9.47 Å². The molecule has 2 aromatic heterocycles. The first-order valence-corrected chi connectivity index (χ1v) is 10.3. The Labute approximate surface area is 180 Å². The lowest BCUT2D eigenvalue weighted by atomic mass is 10.1. The number of nitrogens with one attached hydrogen (secondary N) is 2. The van der Waals surface area contributed by atoms with Crippen LogP contribution in [0.4, 0.5) is 9.52 Å². The molecule has 1 aliphatic rings. The van der Waals surface area contributed by atoms with Crippen molar-refractivity contribution in [3.8, 4) is 22.8 Å². The third kappa shape index (κ3) is 3.87. The molecule has 9 heteroatoms. The first-order chi connectivity index (χ1) is 15.1. The zero-order valence-electron chi connectivity index (χ0n) is 16.4. The van der Waals surface area contributed by atoms with Gasteiger partial charge in [-0.2, -0.15) is 5.10 Å². The minimum atomic E-state index is -0.345. The Morgan fingerprint density at radius 3 is 2.84 bits per heavy atom. The molecule has 1 amide bonds. The molecular weight excluding hydrogens is 419 g/mol. The lowest BCUT2D eigenvalue weighted by Gasteiger charge is -2.03. The maximum atomic E-state index is 13.2. The van der Waals surface area contributed by atoms with Gasteiger partial charge in [0.1, 0.15) is 5.82 Å². The average molecular weight is 436 g/mol. The van der Waals surface area contributed by atoms with E-state index in [1.807, 2.05) is 25.1 Å². The number of carbonyl (C=O) groups is 1. The molecule has 0 atom stereocenters. The second-order valence-electron chi connectivity index (χ2n) is 7.01. The molecule has 3 heterocycles. The first kappa shape index (κ1) is 19.3. The third-order valence-electron chi connectivity index (χ3n) is 4.93. The van der Waals surface area contributed by atoms with E-state index >= 15 is 0 Å². The van der Waals surface area contributed by atoms with Crippen molar-refractivity contribution in [1.82, 2.24) is 15.2 Å². The molecule has 0 saturated carbocycles. The minimum Gasteiger partial charge on any atom is -0.454 e. The summed E-state index contributed by atoms with van der Waals surface area (Å²) < 4.78 is 24.0. The number of aryl methyl sites for hydroxylation is 1. The molecule has 0 bridgehead atoms. The summed E-state index contributed by atoms with van der Waals surface area (Å²) in [6, 6.07) is 11.7. The number of fused-ring (bicyclic) bond motifs is 1. The van der Waals surface area contributed by atoms with Crippen molar-refractivity contribution >= 4 is 22.4 Å². The number of H-pyrrole nitrogens is 1. The highest BCUT2D eigenvalue weighted by molar-refractivity contribution is 7.15. The number of benzene rings is 2. The van der Waals surface area contributed by atoms with Crippen LogP contribution in [0.25, 0.3) is 11.3 Å². The number of ether oxygens (including phenoxy) is 2. The second-order valence-corrected chi connectivity index (χ2v) is 8.10. The number of hydrogen-bond acceptors (Lipinski definition) is 6. The van der Waals surface area contributed by atoms with Crippen LogP contribution >= 0.6 is 11.3 Å². The average Bonchev–Trinajstić information content (AvgIpc) is 3.49. The molecule has 0 fully saturated rings. The molecule has 5 rings (SSSR count). The fraction of sp³-hybridized carbons (Fsp3) is 0.136. The zero-order chi connectivity index (χ0) is 21.4. The summed E-state index contributed by atoms with van der Waals surface area (Å²) in [5.74, 6) is 0.801. The van der Waals surface area contributed by atoms with Crippen LogP contribution in [0.2, 0.25) is 0 Å². The molecule has 156 valence electrons. The summed E-state index contributed by atoms with van der Waals surface area (Å²) >= 11 is 1.42. The SMILES string of the molecule is Cc1nc(NC(=O)c2cn[nH]c2-c2ccc(F)cc2)sc1Cc1ccc2c(c1)OCO2. The number of thiazole rings is 1. The topological polar surface area (TPSA) is 89.1 Å². The van der Waals surface area contributed by atoms with Crippen molar-refractivity contribution < 1.29 is 18.7 Å². The summed E-state index contributed by atoms with van der Waals surface area (Å²) in [5.41, 5.74) is 3.47. The lowest BCUT2D eigenvalue weighted by Crippen LogP contribution is -2.12. The van der Waals surface area contributed by atoms with Gasteiger partial charge in [0.2, 0.25) is 6.79 Å². The standard InChI is InChI=1S/C22H17FN4O3S/c1-12-19(9-13-2-7-17-18(8-13)30-11-29-17)31-22(25-12)26-21(28)16-10-24-27-20(16)14-3-5-15(23)6-4-14/h2-8,10H,9,11H2,1H3,(H,24,27)(H,25,26,28). The number of rotatable bonds is 5. The highest BCUT2D eigenvalue weighted by Crippen LogP contribution is 2.34. The molecule has 7 nitrogen and oxygen atoms in total. The van der Waals surface area contributed by atoms with Gasteiger partial charge < -0.3 is 9.47 Å². The predicted molar refractivity (Wildman–Crippen MR) is 114 cm³/mol. The smallest absolute Gasteiger partial charge is 0.261 e. The summed E-state index contributed by atoms with van der Waals surface area (Å²) in [4.78, 5) is 18.4. The van der Waals surface area contributed by atoms with Crippen LogP contribution in [0.15, 0.2) is 48.7 Å². The van der Waals surface area contributed by atoms with E-state index in [9.17, 15) is 9.18 Å². The summed E-state index contributed by atoms with van der Waals surface area (Å²) in [5, 5.41) is 10.1. The van der Waals surface area contributed by atoms with Crippen LogP contribution < -0.4 is 14.8 Å². The number of anilines is 1. The molecule has 0 aliphatic carbocycles. The lowest BCUT2D eigenvalue weighted by molar-refractivity contribution is 0.102. The highest BCUT2D eigenvalue weighted by Gasteiger charge is 2.19. The largest absolute Gasteiger partial charge is 0.454 e. The molecular formula is C22H17FN4O3S. The second kappa shape index (κ2) is 7.84. The molecule has 31 heavy (non-hydrogen) atoms. The molecule has 2 aromatic carbocycles. The summed E-state index contributed by atoms with van der Waals surface area (Å²) in [6.45, 7) is 2.15. The van der Waals surface area contributed by atoms with Crippen LogP contribution in [0.5, 0.6) is 11.5 Å². The number of aromatic amines is 1. The monoisotopic (exact) mass is 436 g/mol. The Morgan fingerprint density at radius 2 is 2.00 bits per heavy atom. The molecule has 0 radical (unpaired) electrons. The number of aromatic nitrogens is 3. The summed E-state index contributed by atoms with van der Waals surface area (Å²) in [7, 11) is 0. The first-order valence-electron chi connectivity index (χ1n) is 9.52. The van der Waals surface area contributed by atoms with Crippen LogP contribution in [-0.2, 0) is 6.42 Å². The van der Waals surface area contributed by atoms with E-state index in [1.54, 1.807) is 12.1 Å². The Bertz CT molecular complexity index is 1270. The molecule has 0 unspecified atom stereocenters. The van der Waals surface area contributed by atoms with Gasteiger partial charge in [0, 0.05) is 16.9 Å². The van der Waals surface area contributed by atoms with Gasteiger partial charge in [0.15, 0.2) is 16.6 Å². The van der Waals surface area contributed by atoms with Crippen molar-refractivity contribution in [2.75, 3.05) is 12.1 Å². The molecule has 1 aliphatic heterocycles. The van der Waals surface area contributed by atoms with E-state index in [0.29, 0.717) is 28.4 Å². The highest BCUT2D eigenvalue weighted by atomic mass is 32.1. The molecule has 0 spiro atoms. The Morgan fingerprint density at radius 1 is 1.19 bits per heavy atom. The molecule has 0 saturated heterocycles. The fourth-order valence-corrected chi connectivity index (χ4v) is 4.33. The van der Waals surface area contributed by atoms with E-state index < -0.39 is 0 Å². The van der Waals surface area contributed by atoms with Crippen LogP contribution in [-0.4, -0.2) is 27.9 Å². The van der Waals surface area contributed by atoms with Gasteiger partial charge in [0.25, 0.3) is 5.91 Å². The van der Waals surface area contributed by atoms with Crippen LogP contribution in [0, 0.1) is 12.7 Å². The normalized spacial score (nSPS) is 12.2. The van der Waals surface area contributed by atoms with E-state index in [0.717, 1.165) is 27.6 Å². The number of carbonyl (C=O) groups excluding carboxylic acids is 1. The zero-order valence-corrected chi connectivity index (χ0v) is 17.3. The molecule has 4 aromatic rings. The predicted octanol–water partition coefficient (Wildman–Crippen LogP) is 4.55. The van der Waals surface area contributed by atoms with E-state index in [-0.39, 0.29) is 18.5 Å². The van der Waals surface area contributed by atoms with Gasteiger partial charge in [-0.05, 0) is 48.9 Å². The Hall–Kier alpha value is -3.72. The van der Waals surface area contributed by atoms with Crippen LogP contribution in [0.3, 0.4) is 0 Å². The van der Waals surface area contributed by atoms with Gasteiger partial charge in [0.05, 0.1) is 23.1 Å². The Kier molecular flexibility index (Phi) is 4.87. The van der Waals surface area contributed by atoms with Crippen molar-refractivity contribution in [2.45, 2.75) is 13.3 Å². The van der Waals surface area contributed by atoms with E-state index in [1.165, 1.54) is 29.7 Å². The fourth-order valence-electron chi connectivity index (χ4n) is 3.34. The number of nitrogens with zero attached hydrogens (tertiary/aromatic N) is 2. The van der Waals surface area contributed by atoms with Gasteiger partial charge in [-0.25, -0.2) is 9.37 Å². The maximum absolute atomic E-state index is 13.2. The van der Waals surface area contributed by atoms with Crippen molar-refractivity contribution in [1.29, 1.82) is 0 Å². The van der Waals surface area contributed by atoms with Crippen molar-refractivity contribution in [2.24, 2.45) is 0 Å². The molecule has 2 N–H and O–H groups in total. The third-order valence-corrected chi connectivity index (χ3v) is 6.00. The Balaban J connectivity index is 1.33. The van der Waals surface area contributed by atoms with E-state index in [2.05, 4.69) is 20.5 Å². The number of amides is 1. The summed E-state index contributed by atoms with van der Waals surface area (Å²) in [6.07, 6.45) is 2.12. The van der Waals surface area contributed by atoms with Crippen LogP contribution in [0.1, 0.15) is 26.5 Å². The van der Waals surface area contributed by atoms with Gasteiger partial charge in [-0.1, -0.05) is 6.07 Å². The van der Waals surface area contributed by atoms with Gasteiger partial charge in [-0.3, -0.25) is 15.2 Å². The minimum absolute atomic E-state index is 0.239. The maximum Gasteiger partial charge on any atom is 0.261 e. The quantitative estimate of drug-likeness (QED) is 0.479. The number of hydrogen-bond donors (Lipinski definition) is 2. The van der Waals surface area contributed by atoms with Gasteiger partial charge >= 0.3 is 0 Å². The van der Waals surface area contributed by atoms with Crippen molar-refractivity contribution in [3.63, 3.8) is 0 Å². The van der Waals surface area contributed by atoms with Gasteiger partial charge in [-0.15, -0.1) is 11.3 Å².